The Labute approximate surface area is 781 Å². The van der Waals surface area contributed by atoms with Crippen LogP contribution in [-0.2, 0) is 97.3 Å². The maximum Gasteiger partial charge on any atom is 0.192 e. The summed E-state index contributed by atoms with van der Waals surface area (Å²) in [4.78, 5) is 0. The van der Waals surface area contributed by atoms with Crippen molar-refractivity contribution in [2.24, 2.45) is 5.92 Å². The molecule has 35 nitrogen and oxygen atoms in total. The van der Waals surface area contributed by atoms with E-state index in [1.807, 2.05) is 203 Å². The molecule has 0 radical (unpaired) electrons. The largest absolute Gasteiger partial charge is 0.414 e. The van der Waals surface area contributed by atoms with Gasteiger partial charge in [0.2, 0.25) is 0 Å². The fourth-order valence-corrected chi connectivity index (χ4v) is 21.8. The van der Waals surface area contributed by atoms with Crippen LogP contribution in [0.4, 0.5) is 0 Å². The van der Waals surface area contributed by atoms with E-state index < -0.39 is 293 Å². The van der Waals surface area contributed by atoms with E-state index >= 15 is 0 Å². The zero-order chi connectivity index (χ0) is 98.8. The Morgan fingerprint density at radius 1 is 0.200 bits per heavy atom. The normalized spacial score (nSPS) is 40.0. The lowest BCUT2D eigenvalue weighted by molar-refractivity contribution is -0.397. The van der Waals surface area contributed by atoms with Gasteiger partial charge in [-0.05, 0) is 140 Å². The van der Waals surface area contributed by atoms with Crippen molar-refractivity contribution in [1.82, 2.24) is 0 Å². The molecule has 130 heavy (non-hydrogen) atoms. The molecular formula is C88H176O35Si7. The van der Waals surface area contributed by atoms with E-state index in [1.165, 1.54) is 0 Å². The number of ether oxygens (including phenoxy) is 14. The van der Waals surface area contributed by atoms with Gasteiger partial charge in [-0.2, -0.15) is 0 Å². The van der Waals surface area contributed by atoms with Crippen LogP contribution in [0.15, 0.2) is 0 Å². The molecule has 42 heteroatoms. The lowest BCUT2D eigenvalue weighted by Crippen LogP contribution is -2.69. The highest BCUT2D eigenvalue weighted by Gasteiger charge is 2.62. The van der Waals surface area contributed by atoms with Crippen LogP contribution in [0.3, 0.4) is 0 Å². The highest BCUT2D eigenvalue weighted by molar-refractivity contribution is 6.76. The lowest BCUT2D eigenvalue weighted by Gasteiger charge is -2.51. The van der Waals surface area contributed by atoms with Gasteiger partial charge in [0.15, 0.2) is 102 Å². The fraction of sp³-hybridized carbons (Fsp3) is 1.00. The van der Waals surface area contributed by atoms with Gasteiger partial charge >= 0.3 is 0 Å². The zero-order valence-corrected chi connectivity index (χ0v) is 91.8. The van der Waals surface area contributed by atoms with E-state index in [-0.39, 0.29) is 80.8 Å². The summed E-state index contributed by atoms with van der Waals surface area (Å²) in [6, 6.07) is 0. The van der Waals surface area contributed by atoms with Crippen molar-refractivity contribution in [2.45, 2.75) is 500 Å². The predicted octanol–water partition coefficient (Wildman–Crippen LogP) is 7.39. The number of aliphatic hydroxyl groups is 14. The summed E-state index contributed by atoms with van der Waals surface area (Å²) in [6.45, 7) is 68.4. The Morgan fingerprint density at radius 2 is 0.354 bits per heavy atom. The smallest absolute Gasteiger partial charge is 0.192 e. The molecule has 14 bridgehead atoms. The van der Waals surface area contributed by atoms with Crippen LogP contribution in [0.5, 0.6) is 0 Å². The van der Waals surface area contributed by atoms with Crippen molar-refractivity contribution in [1.29, 1.82) is 0 Å². The number of rotatable bonds is 21. The van der Waals surface area contributed by atoms with Crippen molar-refractivity contribution in [3.05, 3.63) is 0 Å². The van der Waals surface area contributed by atoms with Crippen LogP contribution in [0, 0.1) is 5.92 Å². The molecule has 0 aromatic rings. The first-order valence-corrected chi connectivity index (χ1v) is 67.4. The summed E-state index contributed by atoms with van der Waals surface area (Å²) >= 11 is 0. The number of hydrogen-bond acceptors (Lipinski definition) is 35. The molecule has 14 unspecified atom stereocenters. The first-order chi connectivity index (χ1) is 58.9. The second-order valence-corrected chi connectivity index (χ2v) is 82.0. The van der Waals surface area contributed by atoms with Gasteiger partial charge in [0.1, 0.15) is 153 Å². The van der Waals surface area contributed by atoms with E-state index in [1.54, 1.807) is 0 Å². The molecule has 0 aromatic heterocycles. The lowest BCUT2D eigenvalue weighted by atomic mass is 9.85. The average Bonchev–Trinajstić information content (AvgIpc) is 0.766. The summed E-state index contributed by atoms with van der Waals surface area (Å²) in [5.74, 6) is -0.837. The minimum Gasteiger partial charge on any atom is -0.414 e. The fourth-order valence-electron chi connectivity index (χ4n) is 14.7. The van der Waals surface area contributed by atoms with Gasteiger partial charge in [-0.1, -0.05) is 152 Å². The Bertz CT molecular complexity index is 3490. The highest BCUT2D eigenvalue weighted by Crippen LogP contribution is 2.48. The van der Waals surface area contributed by atoms with Crippen LogP contribution >= 0.6 is 0 Å². The first-order valence-electron chi connectivity index (χ1n) is 47.1. The average molecular weight is 1990 g/mol. The van der Waals surface area contributed by atoms with Gasteiger partial charge in [-0.25, -0.2) is 0 Å². The SMILES string of the molecule is CC(C)(C)[Si](C)(C)OCC1O[C@@H]2O[C@@H]3C(CO[Si](C)(C)C(C)(C)C)O[C@H](O[C@@H]4C(CO[Si](C)(C)C(C)(C)C)O[C@H](O[C@@H]5C(CO[Si](C)(C)C(C)(C)C)O[C@H](O[C@@H]6C(CO[Si](C)(C)C(C)(C)C)O[C@H](O[C@@H]7C(CO[Si](C)(C)C(C)(C)C)O[C@H](O[C@@H]8C(CO[Si](C)(C)C(C)(C)C)O[C@H](OCCCC[C@H]1[C@H](O)C2O)C(O)[C@H]8O)C(O)[C@H]7O)C(O)[C@H]6O)C(O)[C@H]5O)C(O)[C@H]4O)C(O)[C@H]3O. The summed E-state index contributed by atoms with van der Waals surface area (Å²) in [5.41, 5.74) is 0. The van der Waals surface area contributed by atoms with Crippen molar-refractivity contribution >= 4 is 58.2 Å². The van der Waals surface area contributed by atoms with Gasteiger partial charge < -0.3 is 169 Å². The van der Waals surface area contributed by atoms with Crippen LogP contribution in [0.1, 0.15) is 165 Å². The van der Waals surface area contributed by atoms with Gasteiger partial charge in [0.05, 0.1) is 58.5 Å². The molecule has 766 valence electrons. The minimum absolute atomic E-state index is 0.0768. The van der Waals surface area contributed by atoms with Gasteiger partial charge in [0.25, 0.3) is 0 Å². The van der Waals surface area contributed by atoms with Crippen LogP contribution in [0.2, 0.25) is 127 Å². The maximum absolute atomic E-state index is 12.8. The van der Waals surface area contributed by atoms with Crippen molar-refractivity contribution in [3.63, 3.8) is 0 Å². The molecular weight excluding hydrogens is 1810 g/mol. The monoisotopic (exact) mass is 1990 g/mol. The number of fused-ring (bicyclic) bond motifs is 1. The third kappa shape index (κ3) is 27.0. The first kappa shape index (κ1) is 115. The standard InChI is InChI=1S/C88H176O35Si7/c1-82(2,3)124(22,23)104-40-48-47-38-36-37-39-103-75-63(97)56(90)69(49(112-75)41-105-125(24,25)83(4,5)6)119-77-65(99)58(92)71(51(114-77)43-107-127(28,29)85(10,11)12)121-79-67(101)60(94)73(53(116-79)45-109-129(32,33)87(16,17)18)123-81-68(102)61(95)74(54(117-81)46-110-130(34,35)88(19,20)21)122-80-66(100)59(93)72(52(115-80)44-108-128(30,31)86(13,14)15)120-78-64(98)57(91)70(118-76(111-48)62(96)55(47)89)50(113-78)42-106-126(26,27)84(7,8)9/h47-81,89-102H,36-46H2,1-35H3/t47-,48?,49?,50?,51?,52?,53?,54?,55+,56-,57-,58-,59-,60-,61-,62?,63?,64?,65?,66?,67?,68?,69-,70-,71-,72-,73-,74-,75+,76-,77-,78-,79-,80-,81-/m1/s1. The zero-order valence-electron chi connectivity index (χ0n) is 84.8. The van der Waals surface area contributed by atoms with Crippen LogP contribution < -0.4 is 0 Å². The topological polar surface area (TPSA) is 477 Å². The van der Waals surface area contributed by atoms with E-state index in [2.05, 4.69) is 33.9 Å². The molecule has 24 aliphatic heterocycles. The Balaban J connectivity index is 1.26. The van der Waals surface area contributed by atoms with Gasteiger partial charge in [-0.15, -0.1) is 0 Å². The third-order valence-corrected chi connectivity index (χ3v) is 63.1. The number of hydrogen-bond donors (Lipinski definition) is 14. The second-order valence-electron chi connectivity index (χ2n) is 48.3. The predicted molar refractivity (Wildman–Crippen MR) is 499 cm³/mol. The van der Waals surface area contributed by atoms with E-state index in [9.17, 15) is 71.5 Å². The summed E-state index contributed by atoms with van der Waals surface area (Å²) in [7, 11) is -19.2. The molecule has 24 heterocycles. The van der Waals surface area contributed by atoms with Gasteiger partial charge in [-0.3, -0.25) is 0 Å². The summed E-state index contributed by atoms with van der Waals surface area (Å²) in [5, 5.41) is 174. The minimum atomic E-state index is -2.82. The molecule has 0 saturated carbocycles. The molecule has 0 aromatic carbocycles. The van der Waals surface area contributed by atoms with Crippen molar-refractivity contribution in [3.8, 4) is 0 Å². The third-order valence-electron chi connectivity index (χ3n) is 31.6. The van der Waals surface area contributed by atoms with Crippen molar-refractivity contribution in [2.75, 3.05) is 52.9 Å². The second kappa shape index (κ2) is 43.3. The Hall–Kier alpha value is 0.118. The molecule has 0 aliphatic carbocycles. The van der Waals surface area contributed by atoms with E-state index in [0.29, 0.717) is 6.42 Å². The quantitative estimate of drug-likeness (QED) is 0.0498. The van der Waals surface area contributed by atoms with Crippen LogP contribution in [0.25, 0.3) is 0 Å². The molecule has 24 saturated heterocycles. The molecule has 0 spiro atoms. The molecule has 24 aliphatic rings. The molecule has 24 rings (SSSR count). The van der Waals surface area contributed by atoms with E-state index in [4.69, 9.17) is 97.3 Å². The Morgan fingerprint density at radius 3 is 0.538 bits per heavy atom. The molecule has 0 amide bonds. The molecule has 24 fully saturated rings. The van der Waals surface area contributed by atoms with E-state index in [0.717, 1.165) is 0 Å². The van der Waals surface area contributed by atoms with Crippen molar-refractivity contribution < 1.29 is 169 Å². The highest BCUT2D eigenvalue weighted by atomic mass is 28.4. The van der Waals surface area contributed by atoms with Gasteiger partial charge in [0, 0.05) is 12.5 Å². The molecule has 35 atom stereocenters. The molecule has 14 N–H and O–H groups in total. The number of aliphatic hydroxyl groups excluding tert-OH is 14. The summed E-state index contributed by atoms with van der Waals surface area (Å²) < 4.78 is 141. The van der Waals surface area contributed by atoms with Crippen LogP contribution in [-0.4, -0.2) is 391 Å². The maximum atomic E-state index is 12.8. The summed E-state index contributed by atoms with van der Waals surface area (Å²) in [6.07, 6.45) is -58.9. The Kier molecular flexibility index (Phi) is 38.5.